The van der Waals surface area contributed by atoms with E-state index in [0.29, 0.717) is 17.5 Å². The fourth-order valence-corrected chi connectivity index (χ4v) is 0.963. The summed E-state index contributed by atoms with van der Waals surface area (Å²) in [4.78, 5) is 10.6. The van der Waals surface area contributed by atoms with Crippen LogP contribution >= 0.6 is 11.6 Å². The van der Waals surface area contributed by atoms with E-state index >= 15 is 0 Å². The van der Waals surface area contributed by atoms with Gasteiger partial charge in [-0.25, -0.2) is 0 Å². The monoisotopic (exact) mass is 202 g/mol. The fourth-order valence-electron chi connectivity index (χ4n) is 0.801. The maximum Gasteiger partial charge on any atom is 0.234 e. The molecule has 1 amide bonds. The van der Waals surface area contributed by atoms with Crippen LogP contribution < -0.4 is 11.1 Å². The van der Waals surface area contributed by atoms with Crippen LogP contribution in [0.3, 0.4) is 0 Å². The topological polar surface area (TPSA) is 68.3 Å². The largest absolute Gasteiger partial charge is 0.448 e. The Bertz CT molecular complexity index is 298. The summed E-state index contributed by atoms with van der Waals surface area (Å²) in [5, 5.41) is 3.22. The lowest BCUT2D eigenvalue weighted by atomic mass is 10.3. The van der Waals surface area contributed by atoms with Crippen molar-refractivity contribution in [2.45, 2.75) is 19.5 Å². The molecule has 0 aliphatic carbocycles. The fraction of sp³-hybridized carbons (Fsp3) is 0.375. The molecule has 0 bridgehead atoms. The van der Waals surface area contributed by atoms with Crippen LogP contribution in [-0.2, 0) is 11.3 Å². The smallest absolute Gasteiger partial charge is 0.234 e. The minimum absolute atomic E-state index is 0.337. The third-order valence-corrected chi connectivity index (χ3v) is 1.84. The first-order valence-electron chi connectivity index (χ1n) is 3.86. The SMILES string of the molecule is CC(NCc1ccc(Cl)o1)C(N)=O. The molecule has 0 saturated heterocycles. The van der Waals surface area contributed by atoms with Crippen LogP contribution in [0.1, 0.15) is 12.7 Å². The Labute approximate surface area is 81.0 Å². The minimum Gasteiger partial charge on any atom is -0.448 e. The van der Waals surface area contributed by atoms with Gasteiger partial charge in [0.1, 0.15) is 5.76 Å². The van der Waals surface area contributed by atoms with Gasteiger partial charge in [0.05, 0.1) is 12.6 Å². The van der Waals surface area contributed by atoms with Crippen molar-refractivity contribution in [3.05, 3.63) is 23.1 Å². The average molecular weight is 203 g/mol. The molecule has 1 atom stereocenters. The van der Waals surface area contributed by atoms with Crippen LogP contribution in [0.2, 0.25) is 5.22 Å². The highest BCUT2D eigenvalue weighted by molar-refractivity contribution is 6.28. The maximum atomic E-state index is 10.6. The van der Waals surface area contributed by atoms with Crippen molar-refractivity contribution in [2.24, 2.45) is 5.73 Å². The van der Waals surface area contributed by atoms with Crippen molar-refractivity contribution in [1.82, 2.24) is 5.32 Å². The quantitative estimate of drug-likeness (QED) is 0.762. The van der Waals surface area contributed by atoms with Gasteiger partial charge in [-0.15, -0.1) is 0 Å². The summed E-state index contributed by atoms with van der Waals surface area (Å²) < 4.78 is 5.06. The lowest BCUT2D eigenvalue weighted by Gasteiger charge is -2.07. The molecule has 1 heterocycles. The highest BCUT2D eigenvalue weighted by Crippen LogP contribution is 2.12. The number of carbonyl (C=O) groups is 1. The summed E-state index contributed by atoms with van der Waals surface area (Å²) in [6.45, 7) is 2.13. The van der Waals surface area contributed by atoms with E-state index in [2.05, 4.69) is 5.32 Å². The molecule has 0 saturated carbocycles. The molecule has 4 nitrogen and oxygen atoms in total. The molecule has 0 radical (unpaired) electrons. The average Bonchev–Trinajstić information content (AvgIpc) is 2.47. The van der Waals surface area contributed by atoms with E-state index in [1.165, 1.54) is 0 Å². The zero-order valence-electron chi connectivity index (χ0n) is 7.21. The van der Waals surface area contributed by atoms with E-state index in [4.69, 9.17) is 21.8 Å². The molecule has 0 aliphatic heterocycles. The molecule has 5 heteroatoms. The number of carbonyl (C=O) groups excluding carboxylic acids is 1. The van der Waals surface area contributed by atoms with Crippen LogP contribution in [-0.4, -0.2) is 11.9 Å². The Morgan fingerprint density at radius 1 is 1.77 bits per heavy atom. The summed E-state index contributed by atoms with van der Waals surface area (Å²) in [5.74, 6) is 0.288. The maximum absolute atomic E-state index is 10.6. The Hall–Kier alpha value is -1.00. The number of halogens is 1. The first-order valence-corrected chi connectivity index (χ1v) is 4.24. The van der Waals surface area contributed by atoms with Gasteiger partial charge >= 0.3 is 0 Å². The Morgan fingerprint density at radius 3 is 2.92 bits per heavy atom. The van der Waals surface area contributed by atoms with E-state index in [0.717, 1.165) is 0 Å². The second-order valence-electron chi connectivity index (χ2n) is 2.71. The first-order chi connectivity index (χ1) is 6.09. The molecular formula is C8H11ClN2O2. The predicted octanol–water partition coefficient (Wildman–Crippen LogP) is 0.896. The Balaban J connectivity index is 2.39. The van der Waals surface area contributed by atoms with Gasteiger partial charge in [0, 0.05) is 0 Å². The van der Waals surface area contributed by atoms with Gasteiger partial charge < -0.3 is 10.2 Å². The number of nitrogens with one attached hydrogen (secondary N) is 1. The molecule has 0 fully saturated rings. The number of hydrogen-bond donors (Lipinski definition) is 2. The normalized spacial score (nSPS) is 12.8. The molecule has 13 heavy (non-hydrogen) atoms. The molecule has 1 rings (SSSR count). The molecule has 3 N–H and O–H groups in total. The van der Waals surface area contributed by atoms with E-state index in [-0.39, 0.29) is 6.04 Å². The molecule has 72 valence electrons. The molecule has 0 aromatic carbocycles. The van der Waals surface area contributed by atoms with Crippen molar-refractivity contribution >= 4 is 17.5 Å². The van der Waals surface area contributed by atoms with Crippen molar-refractivity contribution in [2.75, 3.05) is 0 Å². The second kappa shape index (κ2) is 4.30. The van der Waals surface area contributed by atoms with E-state index in [9.17, 15) is 4.79 Å². The highest BCUT2D eigenvalue weighted by Gasteiger charge is 2.08. The first kappa shape index (κ1) is 10.1. The van der Waals surface area contributed by atoms with Crippen LogP contribution in [0.4, 0.5) is 0 Å². The van der Waals surface area contributed by atoms with Gasteiger partial charge in [0.2, 0.25) is 5.91 Å². The van der Waals surface area contributed by atoms with Crippen LogP contribution in [0.5, 0.6) is 0 Å². The number of furan rings is 1. The summed E-state index contributed by atoms with van der Waals surface area (Å²) >= 11 is 5.55. The Kier molecular flexibility index (Phi) is 3.33. The van der Waals surface area contributed by atoms with Gasteiger partial charge in [0.25, 0.3) is 0 Å². The third kappa shape index (κ3) is 3.08. The van der Waals surface area contributed by atoms with E-state index in [1.54, 1.807) is 19.1 Å². The number of amides is 1. The van der Waals surface area contributed by atoms with E-state index in [1.807, 2.05) is 0 Å². The zero-order chi connectivity index (χ0) is 9.84. The van der Waals surface area contributed by atoms with Gasteiger partial charge in [-0.1, -0.05) is 0 Å². The lowest BCUT2D eigenvalue weighted by Crippen LogP contribution is -2.38. The predicted molar refractivity (Wildman–Crippen MR) is 49.2 cm³/mol. The number of primary amides is 1. The highest BCUT2D eigenvalue weighted by atomic mass is 35.5. The van der Waals surface area contributed by atoms with Gasteiger partial charge in [-0.2, -0.15) is 0 Å². The van der Waals surface area contributed by atoms with Crippen LogP contribution in [0.25, 0.3) is 0 Å². The lowest BCUT2D eigenvalue weighted by molar-refractivity contribution is -0.119. The molecular weight excluding hydrogens is 192 g/mol. The van der Waals surface area contributed by atoms with E-state index < -0.39 is 5.91 Å². The minimum atomic E-state index is -0.391. The Morgan fingerprint density at radius 2 is 2.46 bits per heavy atom. The van der Waals surface area contributed by atoms with Crippen molar-refractivity contribution in [3.63, 3.8) is 0 Å². The number of hydrogen-bond acceptors (Lipinski definition) is 3. The molecule has 1 aromatic rings. The van der Waals surface area contributed by atoms with Crippen molar-refractivity contribution < 1.29 is 9.21 Å². The molecule has 1 unspecified atom stereocenters. The van der Waals surface area contributed by atoms with Crippen LogP contribution in [0.15, 0.2) is 16.5 Å². The molecule has 0 aliphatic rings. The second-order valence-corrected chi connectivity index (χ2v) is 3.08. The van der Waals surface area contributed by atoms with Crippen LogP contribution in [0, 0.1) is 0 Å². The zero-order valence-corrected chi connectivity index (χ0v) is 7.97. The molecule has 1 aromatic heterocycles. The van der Waals surface area contributed by atoms with Crippen molar-refractivity contribution in [3.8, 4) is 0 Å². The van der Waals surface area contributed by atoms with Gasteiger partial charge in [-0.3, -0.25) is 10.1 Å². The third-order valence-electron chi connectivity index (χ3n) is 1.64. The number of rotatable bonds is 4. The number of nitrogens with two attached hydrogens (primary N) is 1. The standard InChI is InChI=1S/C8H11ClN2O2/c1-5(8(10)12)11-4-6-2-3-7(9)13-6/h2-3,5,11H,4H2,1H3,(H2,10,12). The van der Waals surface area contributed by atoms with Gasteiger partial charge in [-0.05, 0) is 30.7 Å². The summed E-state index contributed by atoms with van der Waals surface area (Å²) in [6.07, 6.45) is 0. The molecule has 0 spiro atoms. The summed E-state index contributed by atoms with van der Waals surface area (Å²) in [6, 6.07) is 3.01. The summed E-state index contributed by atoms with van der Waals surface area (Å²) in [5.41, 5.74) is 5.05. The summed E-state index contributed by atoms with van der Waals surface area (Å²) in [7, 11) is 0. The van der Waals surface area contributed by atoms with Gasteiger partial charge in [0.15, 0.2) is 5.22 Å². The van der Waals surface area contributed by atoms with Crippen molar-refractivity contribution in [1.29, 1.82) is 0 Å².